The van der Waals surface area contributed by atoms with E-state index in [9.17, 15) is 8.42 Å². The van der Waals surface area contributed by atoms with Gasteiger partial charge in [0.05, 0.1) is 17.6 Å². The van der Waals surface area contributed by atoms with Gasteiger partial charge in [-0.15, -0.1) is 0 Å². The molecule has 1 saturated heterocycles. The van der Waals surface area contributed by atoms with Crippen LogP contribution in [0.25, 0.3) is 11.4 Å². The second-order valence-corrected chi connectivity index (χ2v) is 8.66. The third-order valence-corrected chi connectivity index (χ3v) is 5.98. The maximum Gasteiger partial charge on any atom is 0.211 e. The molecule has 1 aliphatic heterocycles. The minimum absolute atomic E-state index is 0.0213. The lowest BCUT2D eigenvalue weighted by Crippen LogP contribution is -2.57. The van der Waals surface area contributed by atoms with Crippen LogP contribution in [0, 0.1) is 0 Å². The Balaban J connectivity index is 1.69. The van der Waals surface area contributed by atoms with E-state index in [4.69, 9.17) is 0 Å². The van der Waals surface area contributed by atoms with Crippen LogP contribution in [0.2, 0.25) is 0 Å². The van der Waals surface area contributed by atoms with Crippen molar-refractivity contribution in [3.8, 4) is 11.4 Å². The summed E-state index contributed by atoms with van der Waals surface area (Å²) in [5, 5.41) is 0. The smallest absolute Gasteiger partial charge is 0.211 e. The van der Waals surface area contributed by atoms with Crippen LogP contribution in [0.4, 0.5) is 0 Å². The molecular weight excluding hydrogens is 336 g/mol. The molecule has 134 valence electrons. The highest BCUT2D eigenvalue weighted by Gasteiger charge is 2.33. The summed E-state index contributed by atoms with van der Waals surface area (Å²) >= 11 is 0. The molecule has 3 rings (SSSR count). The van der Waals surface area contributed by atoms with E-state index < -0.39 is 10.0 Å². The summed E-state index contributed by atoms with van der Waals surface area (Å²) in [6.45, 7) is 6.04. The van der Waals surface area contributed by atoms with Crippen LogP contribution in [0.5, 0.6) is 0 Å². The molecule has 2 atom stereocenters. The van der Waals surface area contributed by atoms with Gasteiger partial charge in [0.25, 0.3) is 0 Å². The van der Waals surface area contributed by atoms with Gasteiger partial charge in [0.15, 0.2) is 0 Å². The maximum absolute atomic E-state index is 11.9. The standard InChI is InChI=1S/C18H24N4O2S/c1-14-12-22(25(3,23)24)15(2)11-21(14)13-16-7-8-18(20-10-16)17-6-4-5-9-19-17/h4-10,14-15H,11-13H2,1-3H3. The Bertz CT molecular complexity index is 809. The highest BCUT2D eigenvalue weighted by molar-refractivity contribution is 7.88. The summed E-state index contributed by atoms with van der Waals surface area (Å²) in [7, 11) is -3.15. The molecule has 2 aromatic heterocycles. The summed E-state index contributed by atoms with van der Waals surface area (Å²) in [5.74, 6) is 0. The van der Waals surface area contributed by atoms with Gasteiger partial charge >= 0.3 is 0 Å². The molecule has 0 radical (unpaired) electrons. The predicted molar refractivity (Wildman–Crippen MR) is 98.4 cm³/mol. The molecule has 2 aromatic rings. The zero-order valence-corrected chi connectivity index (χ0v) is 15.6. The van der Waals surface area contributed by atoms with Crippen molar-refractivity contribution in [3.63, 3.8) is 0 Å². The highest BCUT2D eigenvalue weighted by Crippen LogP contribution is 2.21. The van der Waals surface area contributed by atoms with E-state index in [0.717, 1.165) is 30.0 Å². The van der Waals surface area contributed by atoms with Crippen molar-refractivity contribution in [3.05, 3.63) is 48.3 Å². The number of rotatable bonds is 4. The topological polar surface area (TPSA) is 66.4 Å². The zero-order valence-electron chi connectivity index (χ0n) is 14.8. The van der Waals surface area contributed by atoms with Crippen molar-refractivity contribution in [1.29, 1.82) is 0 Å². The number of hydrogen-bond donors (Lipinski definition) is 0. The first kappa shape index (κ1) is 18.0. The summed E-state index contributed by atoms with van der Waals surface area (Å²) < 4.78 is 25.3. The lowest BCUT2D eigenvalue weighted by Gasteiger charge is -2.42. The van der Waals surface area contributed by atoms with Crippen molar-refractivity contribution in [2.24, 2.45) is 0 Å². The lowest BCUT2D eigenvalue weighted by atomic mass is 10.1. The second kappa shape index (κ2) is 7.19. The first-order valence-corrected chi connectivity index (χ1v) is 10.3. The Morgan fingerprint density at radius 3 is 2.40 bits per heavy atom. The normalized spacial score (nSPS) is 22.8. The van der Waals surface area contributed by atoms with E-state index in [2.05, 4.69) is 27.9 Å². The first-order valence-electron chi connectivity index (χ1n) is 8.42. The van der Waals surface area contributed by atoms with Gasteiger partial charge in [0, 0.05) is 44.1 Å². The summed E-state index contributed by atoms with van der Waals surface area (Å²) in [4.78, 5) is 11.1. The number of pyridine rings is 2. The number of aromatic nitrogens is 2. The van der Waals surface area contributed by atoms with Crippen LogP contribution >= 0.6 is 0 Å². The molecule has 3 heterocycles. The van der Waals surface area contributed by atoms with Crippen molar-refractivity contribution in [2.75, 3.05) is 19.3 Å². The summed E-state index contributed by atoms with van der Waals surface area (Å²) in [6.07, 6.45) is 4.92. The van der Waals surface area contributed by atoms with Crippen LogP contribution in [0.3, 0.4) is 0 Å². The Labute approximate surface area is 149 Å². The molecule has 0 N–H and O–H groups in total. The molecule has 7 heteroatoms. The van der Waals surface area contributed by atoms with Crippen LogP contribution in [-0.2, 0) is 16.6 Å². The molecular formula is C18H24N4O2S. The molecule has 1 fully saturated rings. The van der Waals surface area contributed by atoms with Crippen LogP contribution in [-0.4, -0.2) is 59.0 Å². The Kier molecular flexibility index (Phi) is 5.17. The van der Waals surface area contributed by atoms with E-state index in [1.165, 1.54) is 6.26 Å². The molecule has 0 spiro atoms. The Morgan fingerprint density at radius 2 is 1.80 bits per heavy atom. The summed E-state index contributed by atoms with van der Waals surface area (Å²) in [6, 6.07) is 9.97. The number of sulfonamides is 1. The van der Waals surface area contributed by atoms with Gasteiger partial charge in [-0.2, -0.15) is 4.31 Å². The molecule has 0 aliphatic carbocycles. The van der Waals surface area contributed by atoms with Gasteiger partial charge in [0.2, 0.25) is 10.0 Å². The molecule has 0 amide bonds. The van der Waals surface area contributed by atoms with Crippen molar-refractivity contribution in [2.45, 2.75) is 32.5 Å². The SMILES string of the molecule is CC1CN(S(C)(=O)=O)C(C)CN1Cc1ccc(-c2ccccn2)nc1. The van der Waals surface area contributed by atoms with Crippen LogP contribution in [0.1, 0.15) is 19.4 Å². The average molecular weight is 360 g/mol. The zero-order chi connectivity index (χ0) is 18.0. The van der Waals surface area contributed by atoms with E-state index >= 15 is 0 Å². The van der Waals surface area contributed by atoms with E-state index in [1.54, 1.807) is 10.5 Å². The summed E-state index contributed by atoms with van der Waals surface area (Å²) in [5.41, 5.74) is 2.83. The molecule has 25 heavy (non-hydrogen) atoms. The second-order valence-electron chi connectivity index (χ2n) is 6.73. The van der Waals surface area contributed by atoms with Gasteiger partial charge in [-0.1, -0.05) is 12.1 Å². The van der Waals surface area contributed by atoms with Crippen LogP contribution in [0.15, 0.2) is 42.7 Å². The fourth-order valence-corrected chi connectivity index (χ4v) is 4.47. The van der Waals surface area contributed by atoms with Gasteiger partial charge in [-0.05, 0) is 37.6 Å². The number of hydrogen-bond acceptors (Lipinski definition) is 5. The van der Waals surface area contributed by atoms with Crippen LogP contribution < -0.4 is 0 Å². The number of piperazine rings is 1. The maximum atomic E-state index is 11.9. The Hall–Kier alpha value is -1.83. The largest absolute Gasteiger partial charge is 0.293 e. The minimum atomic E-state index is -3.15. The molecule has 1 aliphatic rings. The lowest BCUT2D eigenvalue weighted by molar-refractivity contribution is 0.0868. The fourth-order valence-electron chi connectivity index (χ4n) is 3.27. The van der Waals surface area contributed by atoms with Gasteiger partial charge in [-0.25, -0.2) is 8.42 Å². The molecule has 0 bridgehead atoms. The average Bonchev–Trinajstić information content (AvgIpc) is 2.58. The van der Waals surface area contributed by atoms with E-state index in [0.29, 0.717) is 6.54 Å². The van der Waals surface area contributed by atoms with Crippen molar-refractivity contribution < 1.29 is 8.42 Å². The van der Waals surface area contributed by atoms with E-state index in [1.807, 2.05) is 37.4 Å². The van der Waals surface area contributed by atoms with Crippen molar-refractivity contribution >= 4 is 10.0 Å². The van der Waals surface area contributed by atoms with Gasteiger partial charge in [-0.3, -0.25) is 14.9 Å². The first-order chi connectivity index (χ1) is 11.8. The van der Waals surface area contributed by atoms with Gasteiger partial charge < -0.3 is 0 Å². The minimum Gasteiger partial charge on any atom is -0.293 e. The fraction of sp³-hybridized carbons (Fsp3) is 0.444. The van der Waals surface area contributed by atoms with Gasteiger partial charge in [0.1, 0.15) is 0 Å². The third kappa shape index (κ3) is 4.23. The number of nitrogens with zero attached hydrogens (tertiary/aromatic N) is 4. The quantitative estimate of drug-likeness (QED) is 0.834. The predicted octanol–water partition coefficient (Wildman–Crippen LogP) is 2.00. The van der Waals surface area contributed by atoms with Crippen molar-refractivity contribution in [1.82, 2.24) is 19.2 Å². The molecule has 0 saturated carbocycles. The Morgan fingerprint density at radius 1 is 1.04 bits per heavy atom. The monoisotopic (exact) mass is 360 g/mol. The van der Waals surface area contributed by atoms with E-state index in [-0.39, 0.29) is 12.1 Å². The molecule has 2 unspecified atom stereocenters. The molecule has 6 nitrogen and oxygen atoms in total. The molecule has 0 aromatic carbocycles. The highest BCUT2D eigenvalue weighted by atomic mass is 32.2. The third-order valence-electron chi connectivity index (χ3n) is 4.62.